The topological polar surface area (TPSA) is 55.7 Å². The number of amidine groups is 1. The number of hydrogen-bond acceptors (Lipinski definition) is 5. The van der Waals surface area contributed by atoms with Crippen molar-refractivity contribution >= 4 is 62.6 Å². The molecule has 8 heteroatoms. The molecule has 1 atom stereocenters. The molecule has 0 radical (unpaired) electrons. The first kappa shape index (κ1) is 19.4. The lowest BCUT2D eigenvalue weighted by Crippen LogP contribution is -2.38. The molecule has 142 valence electrons. The molecule has 0 saturated carbocycles. The molecule has 2 aliphatic rings. The summed E-state index contributed by atoms with van der Waals surface area (Å²) in [6.45, 7) is 1.65. The van der Waals surface area contributed by atoms with Gasteiger partial charge in [0.1, 0.15) is 0 Å². The molecule has 2 aliphatic heterocycles. The zero-order valence-corrected chi connectivity index (χ0v) is 17.5. The van der Waals surface area contributed by atoms with E-state index in [0.717, 1.165) is 4.91 Å². The predicted octanol–water partition coefficient (Wildman–Crippen LogP) is 5.13. The average Bonchev–Trinajstić information content (AvgIpc) is 3.03. The van der Waals surface area contributed by atoms with Gasteiger partial charge in [0.15, 0.2) is 5.17 Å². The van der Waals surface area contributed by atoms with E-state index in [1.54, 1.807) is 54.4 Å². The van der Waals surface area contributed by atoms with E-state index in [4.69, 9.17) is 34.8 Å². The van der Waals surface area contributed by atoms with Crippen molar-refractivity contribution in [2.75, 3.05) is 0 Å². The molecule has 0 aliphatic carbocycles. The Kier molecular flexibility index (Phi) is 5.19. The molecule has 2 heterocycles. The van der Waals surface area contributed by atoms with Gasteiger partial charge in [0.25, 0.3) is 0 Å². The number of fused-ring (bicyclic) bond motifs is 1. The third-order valence-corrected chi connectivity index (χ3v) is 6.50. The van der Waals surface area contributed by atoms with Crippen LogP contribution in [0.15, 0.2) is 64.9 Å². The fourth-order valence-electron chi connectivity index (χ4n) is 3.28. The van der Waals surface area contributed by atoms with Crippen LogP contribution in [-0.2, 0) is 4.79 Å². The third kappa shape index (κ3) is 3.22. The van der Waals surface area contributed by atoms with Crippen molar-refractivity contribution in [1.29, 1.82) is 0 Å². The molecule has 4 nitrogen and oxygen atoms in total. The van der Waals surface area contributed by atoms with Crippen molar-refractivity contribution < 1.29 is 9.90 Å². The molecule has 0 fully saturated rings. The van der Waals surface area contributed by atoms with E-state index in [1.165, 1.54) is 11.8 Å². The minimum absolute atomic E-state index is 0.0696. The number of nitrogens with zero attached hydrogens (tertiary/aromatic N) is 2. The number of hydrogen-bond donors (Lipinski definition) is 0. The highest BCUT2D eigenvalue weighted by Crippen LogP contribution is 2.49. The highest BCUT2D eigenvalue weighted by Gasteiger charge is 2.37. The predicted molar refractivity (Wildman–Crippen MR) is 113 cm³/mol. The van der Waals surface area contributed by atoms with E-state index < -0.39 is 12.0 Å². The SMILES string of the molecule is CC1=C(C(=O)[O-])C(c2ccccc2Cl)N2C=C(c3c(Cl)cccc3Cl)SC2=N1. The maximum atomic E-state index is 11.9. The lowest BCUT2D eigenvalue weighted by molar-refractivity contribution is -0.300. The molecular formula is C20H12Cl3N2O2S-. The van der Waals surface area contributed by atoms with E-state index >= 15 is 0 Å². The quantitative estimate of drug-likeness (QED) is 0.650. The summed E-state index contributed by atoms with van der Waals surface area (Å²) >= 11 is 20.5. The van der Waals surface area contributed by atoms with Gasteiger partial charge in [-0.3, -0.25) is 0 Å². The smallest absolute Gasteiger partial charge is 0.173 e. The van der Waals surface area contributed by atoms with Gasteiger partial charge >= 0.3 is 0 Å². The van der Waals surface area contributed by atoms with Crippen LogP contribution in [0.4, 0.5) is 0 Å². The maximum Gasteiger partial charge on any atom is 0.173 e. The summed E-state index contributed by atoms with van der Waals surface area (Å²) in [6.07, 6.45) is 1.81. The first-order chi connectivity index (χ1) is 13.4. The van der Waals surface area contributed by atoms with Crippen molar-refractivity contribution in [3.8, 4) is 0 Å². The largest absolute Gasteiger partial charge is 0.545 e. The Morgan fingerprint density at radius 1 is 1.07 bits per heavy atom. The lowest BCUT2D eigenvalue weighted by Gasteiger charge is -2.35. The van der Waals surface area contributed by atoms with Gasteiger partial charge in [0.05, 0.1) is 22.1 Å². The van der Waals surface area contributed by atoms with Crippen LogP contribution in [0.2, 0.25) is 15.1 Å². The minimum Gasteiger partial charge on any atom is -0.545 e. The molecule has 0 aromatic heterocycles. The molecule has 2 aromatic carbocycles. The second kappa shape index (κ2) is 7.48. The molecular weight excluding hydrogens is 439 g/mol. The van der Waals surface area contributed by atoms with E-state index in [0.29, 0.717) is 37.1 Å². The molecule has 0 amide bonds. The minimum atomic E-state index is -1.28. The summed E-state index contributed by atoms with van der Waals surface area (Å²) < 4.78 is 0. The highest BCUT2D eigenvalue weighted by atomic mass is 35.5. The van der Waals surface area contributed by atoms with Gasteiger partial charge < -0.3 is 14.8 Å². The van der Waals surface area contributed by atoms with Gasteiger partial charge in [0.2, 0.25) is 0 Å². The number of carbonyl (C=O) groups is 1. The Hall–Kier alpha value is -1.92. The first-order valence-electron chi connectivity index (χ1n) is 8.26. The number of carboxylic acids is 1. The normalized spacial score (nSPS) is 18.7. The van der Waals surface area contributed by atoms with Crippen LogP contribution in [0, 0.1) is 0 Å². The molecule has 0 N–H and O–H groups in total. The number of aliphatic imine (C=N–C) groups is 1. The van der Waals surface area contributed by atoms with Gasteiger partial charge in [0, 0.05) is 33.0 Å². The molecule has 2 aromatic rings. The number of aliphatic carboxylic acids is 1. The third-order valence-electron chi connectivity index (χ3n) is 4.51. The zero-order valence-electron chi connectivity index (χ0n) is 14.4. The Balaban J connectivity index is 1.89. The summed E-state index contributed by atoms with van der Waals surface area (Å²) in [5.74, 6) is -1.28. The average molecular weight is 451 g/mol. The van der Waals surface area contributed by atoms with E-state index in [-0.39, 0.29) is 5.57 Å². The van der Waals surface area contributed by atoms with Gasteiger partial charge in [-0.05, 0) is 42.4 Å². The fourth-order valence-corrected chi connectivity index (χ4v) is 5.36. The Morgan fingerprint density at radius 3 is 2.36 bits per heavy atom. The van der Waals surface area contributed by atoms with E-state index in [9.17, 15) is 9.90 Å². The zero-order chi connectivity index (χ0) is 20.0. The summed E-state index contributed by atoms with van der Waals surface area (Å²) in [7, 11) is 0. The second-order valence-electron chi connectivity index (χ2n) is 6.20. The van der Waals surface area contributed by atoms with Crippen LogP contribution in [0.3, 0.4) is 0 Å². The van der Waals surface area contributed by atoms with Gasteiger partial charge in [-0.2, -0.15) is 0 Å². The van der Waals surface area contributed by atoms with Crippen molar-refractivity contribution in [2.45, 2.75) is 13.0 Å². The molecule has 4 rings (SSSR count). The van der Waals surface area contributed by atoms with Crippen LogP contribution < -0.4 is 5.11 Å². The summed E-state index contributed by atoms with van der Waals surface area (Å²) in [4.78, 5) is 19.0. The number of benzene rings is 2. The van der Waals surface area contributed by atoms with Crippen molar-refractivity contribution in [2.24, 2.45) is 4.99 Å². The maximum absolute atomic E-state index is 11.9. The van der Waals surface area contributed by atoms with Crippen LogP contribution >= 0.6 is 46.6 Å². The summed E-state index contributed by atoms with van der Waals surface area (Å²) in [5.41, 5.74) is 1.78. The van der Waals surface area contributed by atoms with Crippen molar-refractivity contribution in [3.05, 3.63) is 86.1 Å². The fraction of sp³-hybridized carbons (Fsp3) is 0.100. The molecule has 0 saturated heterocycles. The Labute approximate surface area is 181 Å². The molecule has 28 heavy (non-hydrogen) atoms. The Bertz CT molecular complexity index is 1070. The van der Waals surface area contributed by atoms with Crippen LogP contribution in [-0.4, -0.2) is 16.0 Å². The van der Waals surface area contributed by atoms with Crippen LogP contribution in [0.5, 0.6) is 0 Å². The number of thioether (sulfide) groups is 1. The Morgan fingerprint density at radius 2 is 1.71 bits per heavy atom. The van der Waals surface area contributed by atoms with Gasteiger partial charge in [-0.25, -0.2) is 4.99 Å². The number of carboxylic acid groups (broad SMARTS) is 1. The monoisotopic (exact) mass is 449 g/mol. The van der Waals surface area contributed by atoms with E-state index in [1.807, 2.05) is 6.07 Å². The molecule has 1 unspecified atom stereocenters. The first-order valence-corrected chi connectivity index (χ1v) is 10.2. The van der Waals surface area contributed by atoms with Gasteiger partial charge in [-0.15, -0.1) is 0 Å². The number of halogens is 3. The lowest BCUT2D eigenvalue weighted by atomic mass is 9.95. The van der Waals surface area contributed by atoms with E-state index in [2.05, 4.69) is 4.99 Å². The molecule has 0 bridgehead atoms. The summed E-state index contributed by atoms with van der Waals surface area (Å²) in [5, 5.41) is 14.0. The number of rotatable bonds is 3. The van der Waals surface area contributed by atoms with Crippen LogP contribution in [0.1, 0.15) is 24.1 Å². The number of allylic oxidation sites excluding steroid dienone is 1. The van der Waals surface area contributed by atoms with Gasteiger partial charge in [-0.1, -0.05) is 59.1 Å². The van der Waals surface area contributed by atoms with Crippen molar-refractivity contribution in [3.63, 3.8) is 0 Å². The highest BCUT2D eigenvalue weighted by molar-refractivity contribution is 8.22. The number of carbonyl (C=O) groups excluding carboxylic acids is 1. The standard InChI is InChI=1S/C20H13Cl3N2O2S/c1-10-16(19(26)27)18(11-5-2-3-6-12(11)21)25-9-15(28-20(25)24-10)17-13(22)7-4-8-14(17)23/h2-9,18H,1H3,(H,26,27)/p-1. The second-order valence-corrected chi connectivity index (χ2v) is 8.44. The summed E-state index contributed by atoms with van der Waals surface area (Å²) in [6, 6.07) is 11.7. The van der Waals surface area contributed by atoms with Crippen LogP contribution in [0.25, 0.3) is 4.91 Å². The van der Waals surface area contributed by atoms with Crippen molar-refractivity contribution in [1.82, 2.24) is 4.90 Å². The molecule has 0 spiro atoms.